The summed E-state index contributed by atoms with van der Waals surface area (Å²) < 4.78 is 10.4. The summed E-state index contributed by atoms with van der Waals surface area (Å²) in [6.07, 6.45) is 0.727. The van der Waals surface area contributed by atoms with E-state index in [0.717, 1.165) is 12.0 Å². The van der Waals surface area contributed by atoms with Crippen LogP contribution < -0.4 is 20.1 Å². The van der Waals surface area contributed by atoms with Gasteiger partial charge in [-0.1, -0.05) is 42.5 Å². The predicted octanol–water partition coefficient (Wildman–Crippen LogP) is 3.93. The Morgan fingerprint density at radius 3 is 2.10 bits per heavy atom. The molecule has 0 aromatic heterocycles. The molecule has 0 heterocycles. The molecular formula is C24H24N2O4. The van der Waals surface area contributed by atoms with Gasteiger partial charge in [-0.2, -0.15) is 0 Å². The fraction of sp³-hybridized carbons (Fsp3) is 0.167. The van der Waals surface area contributed by atoms with Crippen LogP contribution in [0.3, 0.4) is 0 Å². The van der Waals surface area contributed by atoms with Crippen LogP contribution >= 0.6 is 0 Å². The van der Waals surface area contributed by atoms with Crippen molar-refractivity contribution in [3.8, 4) is 11.5 Å². The predicted molar refractivity (Wildman–Crippen MR) is 116 cm³/mol. The number of anilines is 1. The number of carbonyl (C=O) groups excluding carboxylic acids is 2. The smallest absolute Gasteiger partial charge is 0.255 e. The minimum absolute atomic E-state index is 0.245. The minimum atomic E-state index is -0.364. The van der Waals surface area contributed by atoms with Crippen LogP contribution in [0.5, 0.6) is 11.5 Å². The summed E-state index contributed by atoms with van der Waals surface area (Å²) in [5, 5.41) is 5.71. The molecule has 6 nitrogen and oxygen atoms in total. The number of hydrogen-bond donors (Lipinski definition) is 2. The number of methoxy groups -OCH3 is 2. The molecule has 0 fully saturated rings. The first-order valence-corrected chi connectivity index (χ1v) is 9.56. The Bertz CT molecular complexity index is 996. The Morgan fingerprint density at radius 1 is 0.800 bits per heavy atom. The molecule has 0 saturated carbocycles. The van der Waals surface area contributed by atoms with E-state index in [1.165, 1.54) is 14.2 Å². The van der Waals surface area contributed by atoms with E-state index in [-0.39, 0.29) is 11.8 Å². The summed E-state index contributed by atoms with van der Waals surface area (Å²) in [5.74, 6) is 0.402. The van der Waals surface area contributed by atoms with Gasteiger partial charge in [0.1, 0.15) is 11.5 Å². The maximum atomic E-state index is 12.8. The van der Waals surface area contributed by atoms with Gasteiger partial charge in [-0.3, -0.25) is 9.59 Å². The molecule has 3 rings (SSSR count). The second kappa shape index (κ2) is 10.1. The molecule has 0 bridgehead atoms. The molecule has 3 aromatic carbocycles. The SMILES string of the molecule is COc1cc(OC)cc(C(=O)Nc2ccccc2C(=O)NCCc2ccccc2)c1. The normalized spacial score (nSPS) is 10.2. The molecule has 2 amide bonds. The second-order valence-electron chi connectivity index (χ2n) is 6.59. The zero-order valence-corrected chi connectivity index (χ0v) is 17.0. The summed E-state index contributed by atoms with van der Waals surface area (Å²) in [4.78, 5) is 25.4. The van der Waals surface area contributed by atoms with Gasteiger partial charge in [-0.05, 0) is 36.2 Å². The van der Waals surface area contributed by atoms with Crippen molar-refractivity contribution in [1.29, 1.82) is 0 Å². The highest BCUT2D eigenvalue weighted by atomic mass is 16.5. The number of carbonyl (C=O) groups is 2. The molecule has 154 valence electrons. The first kappa shape index (κ1) is 20.9. The topological polar surface area (TPSA) is 76.7 Å². The minimum Gasteiger partial charge on any atom is -0.497 e. The van der Waals surface area contributed by atoms with Crippen molar-refractivity contribution in [2.45, 2.75) is 6.42 Å². The maximum Gasteiger partial charge on any atom is 0.255 e. The van der Waals surface area contributed by atoms with Gasteiger partial charge in [-0.15, -0.1) is 0 Å². The summed E-state index contributed by atoms with van der Waals surface area (Å²) in [7, 11) is 3.04. The van der Waals surface area contributed by atoms with Crippen molar-refractivity contribution in [3.63, 3.8) is 0 Å². The third kappa shape index (κ3) is 5.38. The molecule has 30 heavy (non-hydrogen) atoms. The Morgan fingerprint density at radius 2 is 1.43 bits per heavy atom. The Kier molecular flexibility index (Phi) is 7.05. The maximum absolute atomic E-state index is 12.8. The molecule has 0 radical (unpaired) electrons. The van der Waals surface area contributed by atoms with E-state index in [9.17, 15) is 9.59 Å². The van der Waals surface area contributed by atoms with Crippen molar-refractivity contribution >= 4 is 17.5 Å². The van der Waals surface area contributed by atoms with E-state index < -0.39 is 0 Å². The van der Waals surface area contributed by atoms with Crippen LogP contribution in [0.4, 0.5) is 5.69 Å². The third-order valence-electron chi connectivity index (χ3n) is 4.58. The van der Waals surface area contributed by atoms with E-state index in [1.807, 2.05) is 30.3 Å². The molecule has 0 spiro atoms. The number of benzene rings is 3. The van der Waals surface area contributed by atoms with E-state index in [0.29, 0.717) is 34.9 Å². The molecule has 0 atom stereocenters. The monoisotopic (exact) mass is 404 g/mol. The lowest BCUT2D eigenvalue weighted by molar-refractivity contribution is 0.0955. The molecule has 0 aliphatic heterocycles. The number of ether oxygens (including phenoxy) is 2. The largest absolute Gasteiger partial charge is 0.497 e. The average Bonchev–Trinajstić information content (AvgIpc) is 2.79. The first-order valence-electron chi connectivity index (χ1n) is 9.56. The third-order valence-corrected chi connectivity index (χ3v) is 4.58. The zero-order valence-electron chi connectivity index (χ0n) is 17.0. The molecule has 0 saturated heterocycles. The van der Waals surface area contributed by atoms with Gasteiger partial charge in [0.25, 0.3) is 11.8 Å². The van der Waals surface area contributed by atoms with E-state index in [1.54, 1.807) is 42.5 Å². The fourth-order valence-electron chi connectivity index (χ4n) is 2.98. The molecule has 0 unspecified atom stereocenters. The number of hydrogen-bond acceptors (Lipinski definition) is 4. The second-order valence-corrected chi connectivity index (χ2v) is 6.59. The number of para-hydroxylation sites is 1. The summed E-state index contributed by atoms with van der Waals surface area (Å²) in [5.41, 5.74) is 2.34. The van der Waals surface area contributed by atoms with Gasteiger partial charge in [0, 0.05) is 18.2 Å². The van der Waals surface area contributed by atoms with Gasteiger partial charge in [0.15, 0.2) is 0 Å². The summed E-state index contributed by atoms with van der Waals surface area (Å²) >= 11 is 0. The highest BCUT2D eigenvalue weighted by Gasteiger charge is 2.15. The fourth-order valence-corrected chi connectivity index (χ4v) is 2.98. The Balaban J connectivity index is 1.70. The van der Waals surface area contributed by atoms with Gasteiger partial charge in [0.2, 0.25) is 0 Å². The molecular weight excluding hydrogens is 380 g/mol. The first-order chi connectivity index (χ1) is 14.6. The van der Waals surface area contributed by atoms with Crippen LogP contribution in [0.15, 0.2) is 72.8 Å². The number of nitrogens with one attached hydrogen (secondary N) is 2. The van der Waals surface area contributed by atoms with Gasteiger partial charge >= 0.3 is 0 Å². The molecule has 0 aliphatic rings. The van der Waals surface area contributed by atoms with Crippen LogP contribution in [-0.4, -0.2) is 32.6 Å². The molecule has 2 N–H and O–H groups in total. The number of rotatable bonds is 8. The highest BCUT2D eigenvalue weighted by Crippen LogP contribution is 2.24. The molecule has 3 aromatic rings. The van der Waals surface area contributed by atoms with Crippen LogP contribution in [0.25, 0.3) is 0 Å². The van der Waals surface area contributed by atoms with Crippen molar-refractivity contribution in [3.05, 3.63) is 89.5 Å². The van der Waals surface area contributed by atoms with E-state index >= 15 is 0 Å². The van der Waals surface area contributed by atoms with Crippen molar-refractivity contribution in [1.82, 2.24) is 5.32 Å². The van der Waals surface area contributed by atoms with Gasteiger partial charge in [-0.25, -0.2) is 0 Å². The standard InChI is InChI=1S/C24H24N2O4/c1-29-19-14-18(15-20(16-19)30-2)23(27)26-22-11-7-6-10-21(22)24(28)25-13-12-17-8-4-3-5-9-17/h3-11,14-16H,12-13H2,1-2H3,(H,25,28)(H,26,27). The van der Waals surface area contributed by atoms with E-state index in [2.05, 4.69) is 10.6 Å². The average molecular weight is 404 g/mol. The van der Waals surface area contributed by atoms with Crippen LogP contribution in [0.1, 0.15) is 26.3 Å². The number of amides is 2. The summed E-state index contributed by atoms with van der Waals surface area (Å²) in [6, 6.07) is 21.7. The van der Waals surface area contributed by atoms with Crippen molar-refractivity contribution < 1.29 is 19.1 Å². The lowest BCUT2D eigenvalue weighted by atomic mass is 10.1. The Hall–Kier alpha value is -3.80. The summed E-state index contributed by atoms with van der Waals surface area (Å²) in [6.45, 7) is 0.498. The molecule has 6 heteroatoms. The van der Waals surface area contributed by atoms with Gasteiger partial charge < -0.3 is 20.1 Å². The van der Waals surface area contributed by atoms with Gasteiger partial charge in [0.05, 0.1) is 25.5 Å². The Labute approximate surface area is 175 Å². The lowest BCUT2D eigenvalue weighted by Crippen LogP contribution is -2.27. The van der Waals surface area contributed by atoms with Crippen LogP contribution in [-0.2, 0) is 6.42 Å². The quantitative estimate of drug-likeness (QED) is 0.596. The van der Waals surface area contributed by atoms with E-state index in [4.69, 9.17) is 9.47 Å². The van der Waals surface area contributed by atoms with Crippen LogP contribution in [0, 0.1) is 0 Å². The van der Waals surface area contributed by atoms with Crippen molar-refractivity contribution in [2.24, 2.45) is 0 Å². The van der Waals surface area contributed by atoms with Crippen LogP contribution in [0.2, 0.25) is 0 Å². The van der Waals surface area contributed by atoms with Crippen molar-refractivity contribution in [2.75, 3.05) is 26.1 Å². The molecule has 0 aliphatic carbocycles. The lowest BCUT2D eigenvalue weighted by Gasteiger charge is -2.13. The zero-order chi connectivity index (χ0) is 21.3. The highest BCUT2D eigenvalue weighted by molar-refractivity contribution is 6.09.